The van der Waals surface area contributed by atoms with Crippen molar-refractivity contribution in [3.05, 3.63) is 70.8 Å². The molecule has 0 bridgehead atoms. The van der Waals surface area contributed by atoms with Crippen molar-refractivity contribution in [3.63, 3.8) is 0 Å². The molecule has 2 N–H and O–H groups in total. The van der Waals surface area contributed by atoms with Gasteiger partial charge in [-0.2, -0.15) is 0 Å². The van der Waals surface area contributed by atoms with Crippen LogP contribution in [0.5, 0.6) is 0 Å². The van der Waals surface area contributed by atoms with Gasteiger partial charge in [-0.25, -0.2) is 0 Å². The molecular formula is C20H24N2O2. The van der Waals surface area contributed by atoms with E-state index < -0.39 is 0 Å². The van der Waals surface area contributed by atoms with Crippen LogP contribution in [0, 0.1) is 6.92 Å². The first-order valence-corrected chi connectivity index (χ1v) is 8.21. The lowest BCUT2D eigenvalue weighted by Gasteiger charge is -2.09. The molecule has 0 spiro atoms. The minimum Gasteiger partial charge on any atom is -0.350 e. The first-order chi connectivity index (χ1) is 11.5. The number of hydrogen-bond donors (Lipinski definition) is 2. The first kappa shape index (κ1) is 17.7. The van der Waals surface area contributed by atoms with Gasteiger partial charge in [0, 0.05) is 24.2 Å². The van der Waals surface area contributed by atoms with Crippen LogP contribution >= 0.6 is 0 Å². The fraction of sp³-hybridized carbons (Fsp3) is 0.300. The van der Waals surface area contributed by atoms with Crippen LogP contribution in [-0.4, -0.2) is 24.9 Å². The van der Waals surface area contributed by atoms with Crippen LogP contribution in [0.15, 0.2) is 48.5 Å². The zero-order chi connectivity index (χ0) is 17.5. The molecule has 0 fully saturated rings. The number of rotatable bonds is 6. The first-order valence-electron chi connectivity index (χ1n) is 8.21. The highest BCUT2D eigenvalue weighted by Gasteiger charge is 2.08. The molecule has 24 heavy (non-hydrogen) atoms. The van der Waals surface area contributed by atoms with Gasteiger partial charge in [0.1, 0.15) is 0 Å². The highest BCUT2D eigenvalue weighted by molar-refractivity contribution is 5.96. The third-order valence-electron chi connectivity index (χ3n) is 3.93. The second-order valence-electron chi connectivity index (χ2n) is 6.10. The predicted octanol–water partition coefficient (Wildman–Crippen LogP) is 3.28. The molecular weight excluding hydrogens is 300 g/mol. The van der Waals surface area contributed by atoms with Gasteiger partial charge in [-0.1, -0.05) is 44.2 Å². The van der Waals surface area contributed by atoms with E-state index in [2.05, 4.69) is 24.5 Å². The molecule has 0 saturated carbocycles. The number of hydrogen-bond acceptors (Lipinski definition) is 2. The van der Waals surface area contributed by atoms with Crippen molar-refractivity contribution in [3.8, 4) is 0 Å². The fourth-order valence-electron chi connectivity index (χ4n) is 2.40. The van der Waals surface area contributed by atoms with E-state index in [0.29, 0.717) is 30.1 Å². The zero-order valence-corrected chi connectivity index (χ0v) is 14.4. The number of carbonyl (C=O) groups excluding carboxylic acids is 2. The van der Waals surface area contributed by atoms with Crippen molar-refractivity contribution in [1.29, 1.82) is 0 Å². The summed E-state index contributed by atoms with van der Waals surface area (Å²) in [5.41, 5.74) is 3.43. The van der Waals surface area contributed by atoms with Crippen molar-refractivity contribution < 1.29 is 9.59 Å². The summed E-state index contributed by atoms with van der Waals surface area (Å²) in [7, 11) is 0. The Kier molecular flexibility index (Phi) is 6.13. The van der Waals surface area contributed by atoms with Gasteiger partial charge in [-0.05, 0) is 42.2 Å². The number of aryl methyl sites for hydroxylation is 1. The lowest BCUT2D eigenvalue weighted by molar-refractivity contribution is 0.0927. The topological polar surface area (TPSA) is 58.2 Å². The van der Waals surface area contributed by atoms with Gasteiger partial charge in [0.15, 0.2) is 0 Å². The van der Waals surface area contributed by atoms with Crippen LogP contribution in [0.2, 0.25) is 0 Å². The van der Waals surface area contributed by atoms with Crippen LogP contribution in [0.1, 0.15) is 51.6 Å². The highest BCUT2D eigenvalue weighted by Crippen LogP contribution is 2.14. The van der Waals surface area contributed by atoms with Crippen molar-refractivity contribution in [2.45, 2.75) is 26.7 Å². The van der Waals surface area contributed by atoms with Crippen LogP contribution < -0.4 is 10.6 Å². The summed E-state index contributed by atoms with van der Waals surface area (Å²) in [6, 6.07) is 15.0. The van der Waals surface area contributed by atoms with Crippen LogP contribution in [-0.2, 0) is 0 Å². The second kappa shape index (κ2) is 8.29. The van der Waals surface area contributed by atoms with Crippen molar-refractivity contribution in [1.82, 2.24) is 10.6 Å². The second-order valence-corrected chi connectivity index (χ2v) is 6.10. The molecule has 0 aliphatic rings. The van der Waals surface area contributed by atoms with Gasteiger partial charge in [0.2, 0.25) is 0 Å². The Labute approximate surface area is 143 Å². The van der Waals surface area contributed by atoms with Crippen LogP contribution in [0.4, 0.5) is 0 Å². The van der Waals surface area contributed by atoms with Gasteiger partial charge in [-0.3, -0.25) is 9.59 Å². The number of carbonyl (C=O) groups is 2. The zero-order valence-electron chi connectivity index (χ0n) is 14.4. The molecule has 126 valence electrons. The Morgan fingerprint density at radius 2 is 1.46 bits per heavy atom. The maximum absolute atomic E-state index is 12.1. The number of amides is 2. The average molecular weight is 324 g/mol. The van der Waals surface area contributed by atoms with Crippen LogP contribution in [0.25, 0.3) is 0 Å². The lowest BCUT2D eigenvalue weighted by atomic mass is 10.0. The van der Waals surface area contributed by atoms with E-state index in [-0.39, 0.29) is 11.8 Å². The van der Waals surface area contributed by atoms with Crippen molar-refractivity contribution >= 4 is 11.8 Å². The standard InChI is InChI=1S/C20H24N2O2/c1-14(2)16-8-10-17(11-9-16)19(23)21-12-13-22-20(24)18-7-5-4-6-15(18)3/h4-11,14H,12-13H2,1-3H3,(H,21,23)(H,22,24). The molecule has 2 amide bonds. The molecule has 2 rings (SSSR count). The molecule has 0 radical (unpaired) electrons. The summed E-state index contributed by atoms with van der Waals surface area (Å²) in [5.74, 6) is 0.192. The van der Waals surface area contributed by atoms with E-state index in [1.807, 2.05) is 49.4 Å². The summed E-state index contributed by atoms with van der Waals surface area (Å²) in [6.45, 7) is 6.92. The minimum atomic E-state index is -0.129. The van der Waals surface area contributed by atoms with E-state index in [1.54, 1.807) is 6.07 Å². The Balaban J connectivity index is 1.78. The third-order valence-corrected chi connectivity index (χ3v) is 3.93. The van der Waals surface area contributed by atoms with Gasteiger partial charge in [0.25, 0.3) is 11.8 Å². The average Bonchev–Trinajstić information content (AvgIpc) is 2.58. The van der Waals surface area contributed by atoms with E-state index >= 15 is 0 Å². The Bertz CT molecular complexity index is 706. The molecule has 2 aromatic rings. The fourth-order valence-corrected chi connectivity index (χ4v) is 2.40. The summed E-state index contributed by atoms with van der Waals surface area (Å²) in [5, 5.41) is 5.63. The van der Waals surface area contributed by atoms with E-state index in [1.165, 1.54) is 5.56 Å². The van der Waals surface area contributed by atoms with Crippen molar-refractivity contribution in [2.24, 2.45) is 0 Å². The predicted molar refractivity (Wildman–Crippen MR) is 96.4 cm³/mol. The smallest absolute Gasteiger partial charge is 0.251 e. The van der Waals surface area contributed by atoms with Crippen molar-refractivity contribution in [2.75, 3.05) is 13.1 Å². The number of nitrogens with one attached hydrogen (secondary N) is 2. The molecule has 0 saturated heterocycles. The summed E-state index contributed by atoms with van der Waals surface area (Å²) >= 11 is 0. The van der Waals surface area contributed by atoms with Gasteiger partial charge >= 0.3 is 0 Å². The molecule has 4 heteroatoms. The van der Waals surface area contributed by atoms with Gasteiger partial charge in [0.05, 0.1) is 0 Å². The molecule has 0 unspecified atom stereocenters. The molecule has 0 heterocycles. The lowest BCUT2D eigenvalue weighted by Crippen LogP contribution is -2.34. The largest absolute Gasteiger partial charge is 0.350 e. The molecule has 0 atom stereocenters. The highest BCUT2D eigenvalue weighted by atomic mass is 16.2. The molecule has 0 aromatic heterocycles. The Morgan fingerprint density at radius 3 is 2.04 bits per heavy atom. The normalized spacial score (nSPS) is 10.5. The van der Waals surface area contributed by atoms with E-state index in [9.17, 15) is 9.59 Å². The Hall–Kier alpha value is -2.62. The minimum absolute atomic E-state index is 0.122. The molecule has 0 aliphatic heterocycles. The monoisotopic (exact) mass is 324 g/mol. The molecule has 0 aliphatic carbocycles. The summed E-state index contributed by atoms with van der Waals surface area (Å²) in [6.07, 6.45) is 0. The summed E-state index contributed by atoms with van der Waals surface area (Å²) in [4.78, 5) is 24.1. The maximum atomic E-state index is 12.1. The third kappa shape index (κ3) is 4.69. The van der Waals surface area contributed by atoms with Gasteiger partial charge in [-0.15, -0.1) is 0 Å². The molecule has 4 nitrogen and oxygen atoms in total. The quantitative estimate of drug-likeness (QED) is 0.801. The SMILES string of the molecule is Cc1ccccc1C(=O)NCCNC(=O)c1ccc(C(C)C)cc1. The van der Waals surface area contributed by atoms with Gasteiger partial charge < -0.3 is 10.6 Å². The summed E-state index contributed by atoms with van der Waals surface area (Å²) < 4.78 is 0. The van der Waals surface area contributed by atoms with E-state index in [4.69, 9.17) is 0 Å². The molecule has 2 aromatic carbocycles. The van der Waals surface area contributed by atoms with Crippen LogP contribution in [0.3, 0.4) is 0 Å². The Morgan fingerprint density at radius 1 is 0.875 bits per heavy atom. The maximum Gasteiger partial charge on any atom is 0.251 e. The number of benzene rings is 2. The van der Waals surface area contributed by atoms with E-state index in [0.717, 1.165) is 5.56 Å².